The second-order valence-corrected chi connectivity index (χ2v) is 5.98. The van der Waals surface area contributed by atoms with Gasteiger partial charge in [-0.1, -0.05) is 13.0 Å². The summed E-state index contributed by atoms with van der Waals surface area (Å²) >= 11 is 0. The lowest BCUT2D eigenvalue weighted by Gasteiger charge is -2.33. The molecule has 2 rings (SSSR count). The van der Waals surface area contributed by atoms with E-state index in [1.165, 1.54) is 25.7 Å². The molecule has 0 unspecified atom stereocenters. The van der Waals surface area contributed by atoms with Gasteiger partial charge in [0.05, 0.1) is 4.92 Å². The fourth-order valence-electron chi connectivity index (χ4n) is 2.95. The van der Waals surface area contributed by atoms with Crippen LogP contribution in [0.1, 0.15) is 38.2 Å². The first kappa shape index (κ1) is 14.8. The smallest absolute Gasteiger partial charge is 0.292 e. The number of benzene rings is 1. The van der Waals surface area contributed by atoms with Crippen molar-refractivity contribution in [3.63, 3.8) is 0 Å². The zero-order valence-electron chi connectivity index (χ0n) is 12.2. The molecule has 0 spiro atoms. The van der Waals surface area contributed by atoms with E-state index >= 15 is 0 Å². The topological polar surface area (TPSA) is 72.4 Å². The highest BCUT2D eigenvalue weighted by molar-refractivity contribution is 5.59. The Kier molecular flexibility index (Phi) is 4.60. The van der Waals surface area contributed by atoms with Crippen molar-refractivity contribution in [3.05, 3.63) is 33.9 Å². The van der Waals surface area contributed by atoms with E-state index in [9.17, 15) is 10.1 Å². The highest BCUT2D eigenvalue weighted by Crippen LogP contribution is 2.28. The van der Waals surface area contributed by atoms with Gasteiger partial charge in [-0.25, -0.2) is 0 Å². The van der Waals surface area contributed by atoms with Gasteiger partial charge in [-0.15, -0.1) is 0 Å². The molecule has 1 fully saturated rings. The Bertz CT molecular complexity index is 482. The fraction of sp³-hybridized carbons (Fsp3) is 0.600. The summed E-state index contributed by atoms with van der Waals surface area (Å²) < 4.78 is 0. The molecule has 1 aliphatic rings. The minimum Gasteiger partial charge on any atom is -0.393 e. The summed E-state index contributed by atoms with van der Waals surface area (Å²) in [5.74, 6) is 0.831. The number of hydrogen-bond donors (Lipinski definition) is 1. The van der Waals surface area contributed by atoms with Crippen LogP contribution in [0.3, 0.4) is 0 Å². The molecular formula is C15H23N3O2. The van der Waals surface area contributed by atoms with Crippen molar-refractivity contribution in [1.82, 2.24) is 4.90 Å². The molecule has 110 valence electrons. The molecule has 0 aliphatic heterocycles. The van der Waals surface area contributed by atoms with Crippen molar-refractivity contribution >= 4 is 11.4 Å². The Hall–Kier alpha value is -1.62. The number of nitrogens with two attached hydrogens (primary N) is 1. The molecule has 1 aromatic rings. The van der Waals surface area contributed by atoms with Crippen molar-refractivity contribution in [2.24, 2.45) is 5.92 Å². The lowest BCUT2D eigenvalue weighted by atomic mass is 9.86. The molecule has 1 aliphatic carbocycles. The Morgan fingerprint density at radius 3 is 2.60 bits per heavy atom. The third-order valence-electron chi connectivity index (χ3n) is 4.33. The zero-order chi connectivity index (χ0) is 14.7. The van der Waals surface area contributed by atoms with Gasteiger partial charge in [-0.3, -0.25) is 15.0 Å². The maximum Gasteiger partial charge on any atom is 0.292 e. The largest absolute Gasteiger partial charge is 0.393 e. The molecule has 1 saturated carbocycles. The van der Waals surface area contributed by atoms with Crippen LogP contribution in [-0.2, 0) is 6.54 Å². The Balaban J connectivity index is 2.02. The van der Waals surface area contributed by atoms with Gasteiger partial charge >= 0.3 is 0 Å². The highest BCUT2D eigenvalue weighted by Gasteiger charge is 2.22. The van der Waals surface area contributed by atoms with Gasteiger partial charge in [-0.2, -0.15) is 0 Å². The second-order valence-electron chi connectivity index (χ2n) is 5.98. The number of rotatable bonds is 4. The predicted octanol–water partition coefficient (Wildman–Crippen LogP) is 3.19. The maximum atomic E-state index is 10.9. The Labute approximate surface area is 119 Å². The monoisotopic (exact) mass is 277 g/mol. The molecule has 0 amide bonds. The summed E-state index contributed by atoms with van der Waals surface area (Å²) in [6.07, 6.45) is 4.98. The summed E-state index contributed by atoms with van der Waals surface area (Å²) in [4.78, 5) is 12.8. The molecule has 0 atom stereocenters. The quantitative estimate of drug-likeness (QED) is 0.521. The summed E-state index contributed by atoms with van der Waals surface area (Å²) in [7, 11) is 2.10. The van der Waals surface area contributed by atoms with E-state index in [1.807, 2.05) is 6.07 Å². The predicted molar refractivity (Wildman–Crippen MR) is 80.4 cm³/mol. The zero-order valence-corrected chi connectivity index (χ0v) is 12.2. The van der Waals surface area contributed by atoms with Crippen molar-refractivity contribution in [3.8, 4) is 0 Å². The minimum absolute atomic E-state index is 0.00756. The van der Waals surface area contributed by atoms with Crippen molar-refractivity contribution in [1.29, 1.82) is 0 Å². The van der Waals surface area contributed by atoms with Gasteiger partial charge < -0.3 is 5.73 Å². The second kappa shape index (κ2) is 6.22. The average molecular weight is 277 g/mol. The number of nitrogens with zero attached hydrogens (tertiary/aromatic N) is 2. The lowest BCUT2D eigenvalue weighted by molar-refractivity contribution is -0.384. The maximum absolute atomic E-state index is 10.9. The molecule has 5 heteroatoms. The third-order valence-corrected chi connectivity index (χ3v) is 4.33. The summed E-state index contributed by atoms with van der Waals surface area (Å²) in [6, 6.07) is 5.69. The first-order valence-corrected chi connectivity index (χ1v) is 7.20. The van der Waals surface area contributed by atoms with E-state index in [0.29, 0.717) is 6.04 Å². The van der Waals surface area contributed by atoms with Crippen molar-refractivity contribution in [2.45, 2.75) is 45.2 Å². The average Bonchev–Trinajstić information content (AvgIpc) is 2.41. The Morgan fingerprint density at radius 1 is 1.35 bits per heavy atom. The molecular weight excluding hydrogens is 254 g/mol. The molecule has 1 aromatic carbocycles. The summed E-state index contributed by atoms with van der Waals surface area (Å²) in [5.41, 5.74) is 6.81. The van der Waals surface area contributed by atoms with Gasteiger partial charge in [0.2, 0.25) is 0 Å². The van der Waals surface area contributed by atoms with Crippen LogP contribution in [0.15, 0.2) is 18.2 Å². The van der Waals surface area contributed by atoms with Crippen LogP contribution in [0.4, 0.5) is 11.4 Å². The molecule has 0 bridgehead atoms. The molecule has 5 nitrogen and oxygen atoms in total. The third kappa shape index (κ3) is 3.48. The molecule has 0 saturated heterocycles. The SMILES string of the molecule is CC1CCC(N(C)Cc2ccc(N)c([N+](=O)[O-])c2)CC1. The van der Waals surface area contributed by atoms with Crippen LogP contribution in [0.2, 0.25) is 0 Å². The molecule has 20 heavy (non-hydrogen) atoms. The van der Waals surface area contributed by atoms with Crippen LogP contribution in [0.5, 0.6) is 0 Å². The highest BCUT2D eigenvalue weighted by atomic mass is 16.6. The molecule has 0 heterocycles. The van der Waals surface area contributed by atoms with Crippen LogP contribution in [0, 0.1) is 16.0 Å². The Morgan fingerprint density at radius 2 is 2.00 bits per heavy atom. The molecule has 0 aromatic heterocycles. The van der Waals surface area contributed by atoms with E-state index in [1.54, 1.807) is 12.1 Å². The van der Waals surface area contributed by atoms with E-state index < -0.39 is 4.92 Å². The summed E-state index contributed by atoms with van der Waals surface area (Å²) in [6.45, 7) is 3.04. The van der Waals surface area contributed by atoms with Gasteiger partial charge in [0.1, 0.15) is 5.69 Å². The van der Waals surface area contributed by atoms with Crippen LogP contribution < -0.4 is 5.73 Å². The fourth-order valence-corrected chi connectivity index (χ4v) is 2.95. The van der Waals surface area contributed by atoms with E-state index in [0.717, 1.165) is 18.0 Å². The number of anilines is 1. The van der Waals surface area contributed by atoms with Crippen LogP contribution in [-0.4, -0.2) is 22.9 Å². The van der Waals surface area contributed by atoms with Crippen molar-refractivity contribution in [2.75, 3.05) is 12.8 Å². The van der Waals surface area contributed by atoms with E-state index in [-0.39, 0.29) is 11.4 Å². The molecule has 2 N–H and O–H groups in total. The van der Waals surface area contributed by atoms with Crippen LogP contribution >= 0.6 is 0 Å². The van der Waals surface area contributed by atoms with Gasteiger partial charge in [0.25, 0.3) is 5.69 Å². The van der Waals surface area contributed by atoms with Gasteiger partial charge in [0, 0.05) is 18.7 Å². The standard InChI is InChI=1S/C15H23N3O2/c1-11-3-6-13(7-4-11)17(2)10-12-5-8-14(16)15(9-12)18(19)20/h5,8-9,11,13H,3-4,6-7,10,16H2,1-2H3. The van der Waals surface area contributed by atoms with Crippen LogP contribution in [0.25, 0.3) is 0 Å². The summed E-state index contributed by atoms with van der Waals surface area (Å²) in [5, 5.41) is 10.9. The number of hydrogen-bond acceptors (Lipinski definition) is 4. The van der Waals surface area contributed by atoms with E-state index in [4.69, 9.17) is 5.73 Å². The number of nitro groups is 1. The number of nitrogen functional groups attached to an aromatic ring is 1. The molecule has 0 radical (unpaired) electrons. The van der Waals surface area contributed by atoms with Gasteiger partial charge in [-0.05, 0) is 50.3 Å². The lowest BCUT2D eigenvalue weighted by Crippen LogP contribution is -2.34. The van der Waals surface area contributed by atoms with E-state index in [2.05, 4.69) is 18.9 Å². The first-order chi connectivity index (χ1) is 9.47. The normalized spacial score (nSPS) is 22.9. The van der Waals surface area contributed by atoms with Crippen molar-refractivity contribution < 1.29 is 4.92 Å². The number of nitro benzene ring substituents is 1. The minimum atomic E-state index is -0.416. The van der Waals surface area contributed by atoms with Gasteiger partial charge in [0.15, 0.2) is 0 Å². The first-order valence-electron chi connectivity index (χ1n) is 7.20.